The van der Waals surface area contributed by atoms with E-state index < -0.39 is 5.91 Å². The summed E-state index contributed by atoms with van der Waals surface area (Å²) in [6, 6.07) is 17.9. The smallest absolute Gasteiger partial charge is 0.295 e. The van der Waals surface area contributed by atoms with Gasteiger partial charge in [0, 0.05) is 27.2 Å². The molecule has 160 valence electrons. The zero-order valence-corrected chi connectivity index (χ0v) is 17.6. The second-order valence-electron chi connectivity index (χ2n) is 6.78. The highest BCUT2D eigenvalue weighted by molar-refractivity contribution is 6.30. The molecule has 4 aromatic rings. The number of aromatic nitrogens is 1. The first-order valence-corrected chi connectivity index (χ1v) is 9.84. The number of rotatable bonds is 5. The molecule has 0 aliphatic rings. The van der Waals surface area contributed by atoms with E-state index in [1.807, 2.05) is 0 Å². The fourth-order valence-corrected chi connectivity index (χ4v) is 3.15. The molecule has 0 saturated heterocycles. The van der Waals surface area contributed by atoms with E-state index in [1.54, 1.807) is 54.6 Å². The molecular weight excluding hydrogens is 432 g/mol. The van der Waals surface area contributed by atoms with Crippen molar-refractivity contribution >= 4 is 45.7 Å². The van der Waals surface area contributed by atoms with E-state index in [1.165, 1.54) is 19.2 Å². The number of halogens is 1. The van der Waals surface area contributed by atoms with Crippen molar-refractivity contribution in [1.82, 2.24) is 4.98 Å². The van der Waals surface area contributed by atoms with Gasteiger partial charge in [0.1, 0.15) is 5.75 Å². The van der Waals surface area contributed by atoms with Gasteiger partial charge in [-0.1, -0.05) is 11.6 Å². The number of nitrogens with one attached hydrogen (secondary N) is 2. The first kappa shape index (κ1) is 21.1. The minimum absolute atomic E-state index is 0.138. The highest BCUT2D eigenvalue weighted by atomic mass is 35.5. The number of carbonyl (C=O) groups is 2. The van der Waals surface area contributed by atoms with Crippen LogP contribution in [0.25, 0.3) is 10.9 Å². The summed E-state index contributed by atoms with van der Waals surface area (Å²) in [6.45, 7) is 0. The molecule has 0 unspecified atom stereocenters. The molecule has 0 radical (unpaired) electrons. The van der Waals surface area contributed by atoms with E-state index in [4.69, 9.17) is 16.3 Å². The van der Waals surface area contributed by atoms with Crippen molar-refractivity contribution in [3.05, 3.63) is 82.9 Å². The van der Waals surface area contributed by atoms with E-state index in [2.05, 4.69) is 20.5 Å². The Labute approximate surface area is 187 Å². The van der Waals surface area contributed by atoms with Crippen LogP contribution in [0.3, 0.4) is 0 Å². The number of carbonyl (C=O) groups excluding carboxylic acids is 2. The number of fused-ring (bicyclic) bond motifs is 1. The number of azo groups is 1. The van der Waals surface area contributed by atoms with Gasteiger partial charge in [-0.25, -0.2) is 0 Å². The molecule has 32 heavy (non-hydrogen) atoms. The summed E-state index contributed by atoms with van der Waals surface area (Å²) in [5, 5.41) is 21.6. The van der Waals surface area contributed by atoms with Gasteiger partial charge in [0.15, 0.2) is 5.69 Å². The van der Waals surface area contributed by atoms with Crippen LogP contribution in [-0.2, 0) is 0 Å². The number of H-pyrrole nitrogens is 1. The molecule has 0 atom stereocenters. The van der Waals surface area contributed by atoms with Gasteiger partial charge in [-0.05, 0) is 66.7 Å². The number of benzene rings is 3. The molecule has 0 saturated carbocycles. The minimum atomic E-state index is -0.600. The first-order valence-electron chi connectivity index (χ1n) is 9.46. The normalized spacial score (nSPS) is 11.1. The maximum Gasteiger partial charge on any atom is 0.295 e. The van der Waals surface area contributed by atoms with Crippen LogP contribution >= 0.6 is 11.6 Å². The first-order chi connectivity index (χ1) is 15.4. The van der Waals surface area contributed by atoms with Gasteiger partial charge in [0.25, 0.3) is 11.8 Å². The van der Waals surface area contributed by atoms with Crippen molar-refractivity contribution in [3.63, 3.8) is 0 Å². The lowest BCUT2D eigenvalue weighted by Gasteiger charge is -2.05. The molecule has 4 rings (SSSR count). The molecule has 0 bridgehead atoms. The topological polar surface area (TPSA) is 116 Å². The second-order valence-corrected chi connectivity index (χ2v) is 7.21. The van der Waals surface area contributed by atoms with E-state index in [0.717, 1.165) is 0 Å². The number of nitrogens with zero attached hydrogens (tertiary/aromatic N) is 2. The van der Waals surface area contributed by atoms with E-state index >= 15 is 0 Å². The summed E-state index contributed by atoms with van der Waals surface area (Å²) < 4.78 is 5.18. The molecular formula is C23H17ClN4O4. The minimum Gasteiger partial charge on any atom is -0.497 e. The van der Waals surface area contributed by atoms with E-state index in [9.17, 15) is 14.7 Å². The van der Waals surface area contributed by atoms with E-state index in [-0.39, 0.29) is 23.0 Å². The number of methoxy groups -OCH3 is 1. The predicted octanol–water partition coefficient (Wildman–Crippen LogP) is 5.71. The van der Waals surface area contributed by atoms with Crippen LogP contribution in [0.5, 0.6) is 11.6 Å². The summed E-state index contributed by atoms with van der Waals surface area (Å²) in [5.41, 5.74) is 2.01. The lowest BCUT2D eigenvalue weighted by molar-refractivity contribution is 0.0993. The summed E-state index contributed by atoms with van der Waals surface area (Å²) in [7, 11) is 1.53. The lowest BCUT2D eigenvalue weighted by Crippen LogP contribution is -2.11. The Bertz CT molecular complexity index is 1330. The number of anilines is 1. The molecule has 0 spiro atoms. The Morgan fingerprint density at radius 1 is 1.00 bits per heavy atom. The Morgan fingerprint density at radius 2 is 1.69 bits per heavy atom. The van der Waals surface area contributed by atoms with E-state index in [0.29, 0.717) is 32.9 Å². The van der Waals surface area contributed by atoms with Gasteiger partial charge in [-0.15, -0.1) is 10.2 Å². The average Bonchev–Trinajstić information content (AvgIpc) is 3.12. The summed E-state index contributed by atoms with van der Waals surface area (Å²) >= 11 is 5.83. The fraction of sp³-hybridized carbons (Fsp3) is 0.0435. The third-order valence-electron chi connectivity index (χ3n) is 4.70. The van der Waals surface area contributed by atoms with Crippen LogP contribution in [0.2, 0.25) is 5.02 Å². The third kappa shape index (κ3) is 4.45. The van der Waals surface area contributed by atoms with Crippen molar-refractivity contribution in [1.29, 1.82) is 0 Å². The average molecular weight is 449 g/mol. The molecule has 0 fully saturated rings. The third-order valence-corrected chi connectivity index (χ3v) is 4.95. The molecule has 0 aliphatic heterocycles. The largest absolute Gasteiger partial charge is 0.497 e. The van der Waals surface area contributed by atoms with Crippen LogP contribution < -0.4 is 10.1 Å². The Hall–Kier alpha value is -4.17. The van der Waals surface area contributed by atoms with Crippen LogP contribution in [0.1, 0.15) is 20.7 Å². The molecule has 0 aliphatic carbocycles. The standard InChI is InChI=1S/C23H17ClN4O4/c1-32-17-10-11-19-18(12-17)20(23(31)26-19)27-28-22(30)14-4-8-16(9-5-14)25-21(29)13-2-6-15(24)7-3-13/h2-12,26,31H,1H3,(H,25,29). The number of hydrogen-bond acceptors (Lipinski definition) is 5. The Balaban J connectivity index is 1.48. The van der Waals surface area contributed by atoms with Gasteiger partial charge in [0.2, 0.25) is 5.88 Å². The number of aromatic hydroxyl groups is 1. The SMILES string of the molecule is COc1ccc2[nH]c(O)c(N=NC(=O)c3ccc(NC(=O)c4ccc(Cl)cc4)cc3)c2c1. The zero-order chi connectivity index (χ0) is 22.7. The Kier molecular flexibility index (Phi) is 5.87. The maximum absolute atomic E-state index is 12.4. The highest BCUT2D eigenvalue weighted by Crippen LogP contribution is 2.37. The molecule has 8 nitrogen and oxygen atoms in total. The number of hydrogen-bond donors (Lipinski definition) is 3. The molecule has 3 N–H and O–H groups in total. The maximum atomic E-state index is 12.4. The van der Waals surface area contributed by atoms with Crippen molar-refractivity contribution in [2.24, 2.45) is 10.2 Å². The lowest BCUT2D eigenvalue weighted by atomic mass is 10.1. The highest BCUT2D eigenvalue weighted by Gasteiger charge is 2.13. The van der Waals surface area contributed by atoms with Crippen molar-refractivity contribution < 1.29 is 19.4 Å². The molecule has 9 heteroatoms. The number of aromatic amines is 1. The van der Waals surface area contributed by atoms with Gasteiger partial charge in [-0.3, -0.25) is 9.59 Å². The Morgan fingerprint density at radius 3 is 2.38 bits per heavy atom. The van der Waals surface area contributed by atoms with Crippen molar-refractivity contribution in [2.45, 2.75) is 0 Å². The summed E-state index contributed by atoms with van der Waals surface area (Å²) in [6.07, 6.45) is 0. The van der Waals surface area contributed by atoms with Crippen molar-refractivity contribution in [3.8, 4) is 11.6 Å². The molecule has 1 heterocycles. The zero-order valence-electron chi connectivity index (χ0n) is 16.8. The second kappa shape index (κ2) is 8.91. The molecule has 3 aromatic carbocycles. The van der Waals surface area contributed by atoms with Crippen LogP contribution in [0.15, 0.2) is 77.0 Å². The summed E-state index contributed by atoms with van der Waals surface area (Å²) in [4.78, 5) is 27.5. The molecule has 1 aromatic heterocycles. The van der Waals surface area contributed by atoms with Crippen LogP contribution in [-0.4, -0.2) is 29.0 Å². The van der Waals surface area contributed by atoms with Crippen LogP contribution in [0.4, 0.5) is 11.4 Å². The van der Waals surface area contributed by atoms with Gasteiger partial charge in [-0.2, -0.15) is 0 Å². The van der Waals surface area contributed by atoms with Crippen molar-refractivity contribution in [2.75, 3.05) is 12.4 Å². The monoisotopic (exact) mass is 448 g/mol. The number of ether oxygens (including phenoxy) is 1. The fourth-order valence-electron chi connectivity index (χ4n) is 3.02. The van der Waals surface area contributed by atoms with Gasteiger partial charge >= 0.3 is 0 Å². The van der Waals surface area contributed by atoms with Gasteiger partial charge < -0.3 is 20.1 Å². The number of amides is 2. The quantitative estimate of drug-likeness (QED) is 0.339. The van der Waals surface area contributed by atoms with Crippen LogP contribution in [0, 0.1) is 0 Å². The predicted molar refractivity (Wildman–Crippen MR) is 121 cm³/mol. The van der Waals surface area contributed by atoms with Gasteiger partial charge in [0.05, 0.1) is 12.6 Å². The summed E-state index contributed by atoms with van der Waals surface area (Å²) in [5.74, 6) is -0.525. The molecule has 2 amide bonds.